The number of benzene rings is 1. The van der Waals surface area contributed by atoms with Gasteiger partial charge in [0.05, 0.1) is 24.2 Å². The summed E-state index contributed by atoms with van der Waals surface area (Å²) >= 11 is 0. The Morgan fingerprint density at radius 3 is 2.95 bits per heavy atom. The molecule has 0 unspecified atom stereocenters. The van der Waals surface area contributed by atoms with Crippen molar-refractivity contribution in [2.24, 2.45) is 5.92 Å². The molecule has 1 saturated carbocycles. The van der Waals surface area contributed by atoms with Crippen LogP contribution in [0.4, 0.5) is 5.69 Å². The van der Waals surface area contributed by atoms with Gasteiger partial charge in [-0.3, -0.25) is 9.89 Å². The summed E-state index contributed by atoms with van der Waals surface area (Å²) in [4.78, 5) is 11.7. The Bertz CT molecular complexity index is 615. The van der Waals surface area contributed by atoms with Gasteiger partial charge in [-0.1, -0.05) is 0 Å². The third-order valence-electron chi connectivity index (χ3n) is 4.16. The molecule has 21 heavy (non-hydrogen) atoms. The Kier molecular flexibility index (Phi) is 4.08. The molecule has 0 spiro atoms. The first-order valence-electron chi connectivity index (χ1n) is 7.62. The second kappa shape index (κ2) is 6.16. The van der Waals surface area contributed by atoms with Gasteiger partial charge >= 0.3 is 5.97 Å². The Hall–Kier alpha value is -2.04. The summed E-state index contributed by atoms with van der Waals surface area (Å²) in [6, 6.07) is 6.64. The van der Waals surface area contributed by atoms with E-state index in [1.807, 2.05) is 19.2 Å². The molecule has 0 atom stereocenters. The largest absolute Gasteiger partial charge is 0.466 e. The van der Waals surface area contributed by atoms with E-state index in [0.717, 1.165) is 42.3 Å². The molecule has 2 N–H and O–H groups in total. The minimum Gasteiger partial charge on any atom is -0.466 e. The van der Waals surface area contributed by atoms with Crippen LogP contribution in [0.5, 0.6) is 0 Å². The van der Waals surface area contributed by atoms with Crippen molar-refractivity contribution in [1.29, 1.82) is 0 Å². The smallest absolute Gasteiger partial charge is 0.308 e. The topological polar surface area (TPSA) is 67.0 Å². The van der Waals surface area contributed by atoms with Gasteiger partial charge in [0.2, 0.25) is 0 Å². The second-order valence-corrected chi connectivity index (χ2v) is 5.62. The molecular formula is C16H21N3O2. The van der Waals surface area contributed by atoms with Crippen LogP contribution in [-0.2, 0) is 9.53 Å². The van der Waals surface area contributed by atoms with Gasteiger partial charge in [-0.15, -0.1) is 0 Å². The van der Waals surface area contributed by atoms with Crippen LogP contribution < -0.4 is 5.32 Å². The van der Waals surface area contributed by atoms with E-state index in [-0.39, 0.29) is 11.9 Å². The quantitative estimate of drug-likeness (QED) is 0.848. The Labute approximate surface area is 124 Å². The number of esters is 1. The van der Waals surface area contributed by atoms with Crippen LogP contribution in [0.25, 0.3) is 10.9 Å². The molecule has 0 aliphatic heterocycles. The zero-order valence-corrected chi connectivity index (χ0v) is 12.3. The highest BCUT2D eigenvalue weighted by molar-refractivity contribution is 5.81. The first kappa shape index (κ1) is 13.9. The van der Waals surface area contributed by atoms with E-state index in [1.165, 1.54) is 0 Å². The van der Waals surface area contributed by atoms with Gasteiger partial charge in [0.15, 0.2) is 0 Å². The zero-order valence-electron chi connectivity index (χ0n) is 12.3. The van der Waals surface area contributed by atoms with Gasteiger partial charge in [-0.25, -0.2) is 0 Å². The molecule has 1 fully saturated rings. The summed E-state index contributed by atoms with van der Waals surface area (Å²) in [7, 11) is 0. The highest BCUT2D eigenvalue weighted by Crippen LogP contribution is 2.28. The molecule has 1 aliphatic rings. The fourth-order valence-electron chi connectivity index (χ4n) is 3.00. The first-order chi connectivity index (χ1) is 10.3. The predicted octanol–water partition coefficient (Wildman–Crippen LogP) is 3.10. The number of aromatic amines is 1. The van der Waals surface area contributed by atoms with Crippen LogP contribution in [0.3, 0.4) is 0 Å². The lowest BCUT2D eigenvalue weighted by Gasteiger charge is -2.28. The Morgan fingerprint density at radius 1 is 1.38 bits per heavy atom. The molecule has 2 aromatic rings. The number of hydrogen-bond acceptors (Lipinski definition) is 4. The number of H-pyrrole nitrogens is 1. The maximum absolute atomic E-state index is 11.7. The van der Waals surface area contributed by atoms with Crippen LogP contribution in [0.1, 0.15) is 32.6 Å². The third kappa shape index (κ3) is 3.17. The number of anilines is 1. The molecule has 0 radical (unpaired) electrons. The number of rotatable bonds is 4. The average molecular weight is 287 g/mol. The number of nitrogens with one attached hydrogen (secondary N) is 2. The average Bonchev–Trinajstić information content (AvgIpc) is 2.96. The maximum atomic E-state index is 11.7. The number of carbonyl (C=O) groups excluding carboxylic acids is 1. The number of fused-ring (bicyclic) bond motifs is 1. The predicted molar refractivity (Wildman–Crippen MR) is 82.1 cm³/mol. The molecule has 1 aromatic heterocycles. The van der Waals surface area contributed by atoms with Crippen molar-refractivity contribution in [3.8, 4) is 0 Å². The van der Waals surface area contributed by atoms with Gasteiger partial charge in [0.1, 0.15) is 0 Å². The van der Waals surface area contributed by atoms with Crippen molar-refractivity contribution < 1.29 is 9.53 Å². The Morgan fingerprint density at radius 2 is 2.19 bits per heavy atom. The summed E-state index contributed by atoms with van der Waals surface area (Å²) in [5, 5.41) is 11.7. The van der Waals surface area contributed by atoms with Crippen molar-refractivity contribution in [1.82, 2.24) is 10.2 Å². The van der Waals surface area contributed by atoms with Crippen LogP contribution in [-0.4, -0.2) is 28.8 Å². The lowest BCUT2D eigenvalue weighted by atomic mass is 9.86. The molecule has 1 aliphatic carbocycles. The first-order valence-corrected chi connectivity index (χ1v) is 7.62. The van der Waals surface area contributed by atoms with Gasteiger partial charge in [0.25, 0.3) is 0 Å². The number of carbonyl (C=O) groups is 1. The van der Waals surface area contributed by atoms with Gasteiger partial charge in [-0.05, 0) is 50.8 Å². The molecule has 5 nitrogen and oxygen atoms in total. The lowest BCUT2D eigenvalue weighted by molar-refractivity contribution is -0.149. The molecule has 112 valence electrons. The minimum absolute atomic E-state index is 0.0317. The number of aromatic nitrogens is 2. The second-order valence-electron chi connectivity index (χ2n) is 5.62. The summed E-state index contributed by atoms with van der Waals surface area (Å²) < 4.78 is 5.10. The standard InChI is InChI=1S/C16H21N3O2/c1-2-21-16(20)11-3-5-13(6-4-11)18-14-7-8-15-12(9-14)10-17-19-15/h7-11,13,18H,2-6H2,1H3,(H,17,19). The minimum atomic E-state index is -0.0317. The van der Waals surface area contributed by atoms with Crippen molar-refractivity contribution >= 4 is 22.6 Å². The molecule has 3 rings (SSSR count). The van der Waals surface area contributed by atoms with Gasteiger partial charge in [0, 0.05) is 17.1 Å². The number of hydrogen-bond donors (Lipinski definition) is 2. The molecule has 0 amide bonds. The third-order valence-corrected chi connectivity index (χ3v) is 4.16. The van der Waals surface area contributed by atoms with E-state index >= 15 is 0 Å². The summed E-state index contributed by atoms with van der Waals surface area (Å²) in [5.41, 5.74) is 2.16. The molecular weight excluding hydrogens is 266 g/mol. The van der Waals surface area contributed by atoms with Gasteiger partial charge < -0.3 is 10.1 Å². The van der Waals surface area contributed by atoms with Crippen LogP contribution >= 0.6 is 0 Å². The van der Waals surface area contributed by atoms with Crippen LogP contribution in [0.2, 0.25) is 0 Å². The van der Waals surface area contributed by atoms with Crippen molar-refractivity contribution in [2.45, 2.75) is 38.6 Å². The number of nitrogens with zero attached hydrogens (tertiary/aromatic N) is 1. The SMILES string of the molecule is CCOC(=O)C1CCC(Nc2ccc3[nH]ncc3c2)CC1. The molecule has 1 aromatic carbocycles. The fourth-order valence-corrected chi connectivity index (χ4v) is 3.00. The van der Waals surface area contributed by atoms with E-state index in [4.69, 9.17) is 4.74 Å². The van der Waals surface area contributed by atoms with E-state index < -0.39 is 0 Å². The number of ether oxygens (including phenoxy) is 1. The fraction of sp³-hybridized carbons (Fsp3) is 0.500. The summed E-state index contributed by atoms with van der Waals surface area (Å²) in [5.74, 6) is 0.0510. The summed E-state index contributed by atoms with van der Waals surface area (Å²) in [6.45, 7) is 2.33. The summed E-state index contributed by atoms with van der Waals surface area (Å²) in [6.07, 6.45) is 5.66. The van der Waals surface area contributed by atoms with Crippen molar-refractivity contribution in [3.63, 3.8) is 0 Å². The normalized spacial score (nSPS) is 22.1. The van der Waals surface area contributed by atoms with E-state index in [0.29, 0.717) is 12.6 Å². The van der Waals surface area contributed by atoms with E-state index in [1.54, 1.807) is 0 Å². The molecule has 0 bridgehead atoms. The maximum Gasteiger partial charge on any atom is 0.308 e. The van der Waals surface area contributed by atoms with Crippen molar-refractivity contribution in [3.05, 3.63) is 24.4 Å². The Balaban J connectivity index is 1.56. The lowest BCUT2D eigenvalue weighted by Crippen LogP contribution is -2.30. The molecule has 1 heterocycles. The molecule has 0 saturated heterocycles. The van der Waals surface area contributed by atoms with E-state index in [2.05, 4.69) is 27.6 Å². The van der Waals surface area contributed by atoms with Gasteiger partial charge in [-0.2, -0.15) is 5.10 Å². The highest BCUT2D eigenvalue weighted by Gasteiger charge is 2.27. The highest BCUT2D eigenvalue weighted by atomic mass is 16.5. The van der Waals surface area contributed by atoms with Crippen LogP contribution in [0.15, 0.2) is 24.4 Å². The monoisotopic (exact) mass is 287 g/mol. The van der Waals surface area contributed by atoms with E-state index in [9.17, 15) is 4.79 Å². The zero-order chi connectivity index (χ0) is 14.7. The van der Waals surface area contributed by atoms with Crippen LogP contribution in [0, 0.1) is 5.92 Å². The van der Waals surface area contributed by atoms with Crippen molar-refractivity contribution in [2.75, 3.05) is 11.9 Å². The molecule has 5 heteroatoms.